The van der Waals surface area contributed by atoms with E-state index in [1.165, 1.54) is 5.56 Å². The van der Waals surface area contributed by atoms with Gasteiger partial charge in [0.2, 0.25) is 0 Å². The molecule has 0 bridgehead atoms. The Hall–Kier alpha value is -1.74. The van der Waals surface area contributed by atoms with E-state index in [0.29, 0.717) is 5.56 Å². The topological polar surface area (TPSA) is 37.3 Å². The molecule has 18 heavy (non-hydrogen) atoms. The fraction of sp³-hybridized carbons (Fsp3) is 0.133. The molecule has 0 aliphatic heterocycles. The summed E-state index contributed by atoms with van der Waals surface area (Å²) in [6.45, 7) is 0. The molecule has 0 atom stereocenters. The minimum atomic E-state index is -0.870. The maximum absolute atomic E-state index is 10.8. The molecule has 0 radical (unpaired) electrons. The van der Waals surface area contributed by atoms with Gasteiger partial charge in [-0.05, 0) is 23.3 Å². The third-order valence-electron chi connectivity index (χ3n) is 2.55. The highest BCUT2D eigenvalue weighted by Crippen LogP contribution is 2.18. The lowest BCUT2D eigenvalue weighted by Crippen LogP contribution is -1.96. The molecule has 0 aliphatic carbocycles. The monoisotopic (exact) mass is 258 g/mol. The summed E-state index contributed by atoms with van der Waals surface area (Å²) >= 11 is 1.79. The summed E-state index contributed by atoms with van der Waals surface area (Å²) in [6, 6.07) is 17.4. The normalized spacial score (nSPS) is 10.2. The van der Waals surface area contributed by atoms with Crippen LogP contribution >= 0.6 is 11.8 Å². The Kier molecular flexibility index (Phi) is 4.42. The first-order valence-corrected chi connectivity index (χ1v) is 6.85. The van der Waals surface area contributed by atoms with Crippen LogP contribution < -0.4 is 0 Å². The van der Waals surface area contributed by atoms with Gasteiger partial charge in [-0.2, -0.15) is 11.8 Å². The van der Waals surface area contributed by atoms with Gasteiger partial charge in [0, 0.05) is 11.5 Å². The first-order valence-electron chi connectivity index (χ1n) is 5.69. The number of carboxylic acids is 1. The van der Waals surface area contributed by atoms with Crippen molar-refractivity contribution < 1.29 is 9.90 Å². The molecular formula is C15H14O2S. The van der Waals surface area contributed by atoms with Crippen LogP contribution in [-0.2, 0) is 11.5 Å². The number of carbonyl (C=O) groups is 1. The minimum absolute atomic E-state index is 0.354. The molecular weight excluding hydrogens is 244 g/mol. The summed E-state index contributed by atoms with van der Waals surface area (Å²) in [4.78, 5) is 10.8. The summed E-state index contributed by atoms with van der Waals surface area (Å²) in [5, 5.41) is 8.91. The van der Waals surface area contributed by atoms with Crippen molar-refractivity contribution in [2.24, 2.45) is 0 Å². The number of hydrogen-bond donors (Lipinski definition) is 1. The van der Waals surface area contributed by atoms with Crippen molar-refractivity contribution in [2.45, 2.75) is 11.5 Å². The van der Waals surface area contributed by atoms with Gasteiger partial charge < -0.3 is 5.11 Å². The third-order valence-corrected chi connectivity index (χ3v) is 3.63. The Labute approximate surface area is 111 Å². The van der Waals surface area contributed by atoms with Gasteiger partial charge in [0.05, 0.1) is 5.56 Å². The average Bonchev–Trinajstić information content (AvgIpc) is 2.40. The van der Waals surface area contributed by atoms with Gasteiger partial charge in [-0.15, -0.1) is 0 Å². The van der Waals surface area contributed by atoms with Crippen molar-refractivity contribution in [2.75, 3.05) is 0 Å². The Morgan fingerprint density at radius 1 is 0.944 bits per heavy atom. The quantitative estimate of drug-likeness (QED) is 0.886. The molecule has 0 amide bonds. The fourth-order valence-corrected chi connectivity index (χ4v) is 2.60. The highest BCUT2D eigenvalue weighted by Gasteiger charge is 2.03. The Morgan fingerprint density at radius 3 is 2.33 bits per heavy atom. The van der Waals surface area contributed by atoms with Crippen molar-refractivity contribution in [3.05, 3.63) is 71.3 Å². The molecule has 0 saturated carbocycles. The van der Waals surface area contributed by atoms with Gasteiger partial charge in [-0.3, -0.25) is 0 Å². The summed E-state index contributed by atoms with van der Waals surface area (Å²) in [6.07, 6.45) is 0. The van der Waals surface area contributed by atoms with Crippen LogP contribution in [0.4, 0.5) is 0 Å². The molecule has 0 aliphatic rings. The van der Waals surface area contributed by atoms with Crippen LogP contribution in [0, 0.1) is 0 Å². The van der Waals surface area contributed by atoms with E-state index >= 15 is 0 Å². The lowest BCUT2D eigenvalue weighted by atomic mass is 10.1. The van der Waals surface area contributed by atoms with Crippen molar-refractivity contribution in [1.29, 1.82) is 0 Å². The maximum atomic E-state index is 10.8. The number of rotatable bonds is 5. The van der Waals surface area contributed by atoms with Crippen molar-refractivity contribution >= 4 is 17.7 Å². The fourth-order valence-electron chi connectivity index (χ4n) is 1.66. The van der Waals surface area contributed by atoms with Crippen molar-refractivity contribution in [3.8, 4) is 0 Å². The molecule has 0 fully saturated rings. The zero-order chi connectivity index (χ0) is 12.8. The predicted molar refractivity (Wildman–Crippen MR) is 74.8 cm³/mol. The standard InChI is InChI=1S/C15H14O2S/c16-15(17)14-8-4-7-13(9-14)11-18-10-12-5-2-1-3-6-12/h1-9H,10-11H2,(H,16,17). The van der Waals surface area contributed by atoms with Crippen LogP contribution in [0.5, 0.6) is 0 Å². The second-order valence-corrected chi connectivity index (χ2v) is 4.97. The van der Waals surface area contributed by atoms with Crippen LogP contribution in [0.3, 0.4) is 0 Å². The first-order chi connectivity index (χ1) is 8.75. The maximum Gasteiger partial charge on any atom is 0.335 e. The molecule has 92 valence electrons. The van der Waals surface area contributed by atoms with Gasteiger partial charge in [0.1, 0.15) is 0 Å². The molecule has 0 spiro atoms. The van der Waals surface area contributed by atoms with Crippen molar-refractivity contribution in [3.63, 3.8) is 0 Å². The Balaban J connectivity index is 1.90. The first kappa shape index (κ1) is 12.7. The highest BCUT2D eigenvalue weighted by atomic mass is 32.2. The lowest BCUT2D eigenvalue weighted by Gasteiger charge is -2.03. The summed E-state index contributed by atoms with van der Waals surface area (Å²) in [7, 11) is 0. The van der Waals surface area contributed by atoms with Crippen LogP contribution in [0.15, 0.2) is 54.6 Å². The zero-order valence-corrected chi connectivity index (χ0v) is 10.7. The summed E-state index contributed by atoms with van der Waals surface area (Å²) < 4.78 is 0. The number of carboxylic acid groups (broad SMARTS) is 1. The number of hydrogen-bond acceptors (Lipinski definition) is 2. The molecule has 3 heteroatoms. The largest absolute Gasteiger partial charge is 0.478 e. The molecule has 2 aromatic carbocycles. The van der Waals surface area contributed by atoms with E-state index in [1.807, 2.05) is 24.3 Å². The molecule has 1 N–H and O–H groups in total. The van der Waals surface area contributed by atoms with E-state index in [9.17, 15) is 4.79 Å². The van der Waals surface area contributed by atoms with E-state index < -0.39 is 5.97 Å². The van der Waals surface area contributed by atoms with Crippen LogP contribution in [0.25, 0.3) is 0 Å². The minimum Gasteiger partial charge on any atom is -0.478 e. The van der Waals surface area contributed by atoms with Crippen molar-refractivity contribution in [1.82, 2.24) is 0 Å². The molecule has 2 nitrogen and oxygen atoms in total. The average molecular weight is 258 g/mol. The Morgan fingerprint density at radius 2 is 1.61 bits per heavy atom. The van der Waals surface area contributed by atoms with E-state index in [4.69, 9.17) is 5.11 Å². The third kappa shape index (κ3) is 3.64. The van der Waals surface area contributed by atoms with Gasteiger partial charge in [0.25, 0.3) is 0 Å². The number of aromatic carboxylic acids is 1. The highest BCUT2D eigenvalue weighted by molar-refractivity contribution is 7.97. The molecule has 0 aromatic heterocycles. The van der Waals surface area contributed by atoms with E-state index in [2.05, 4.69) is 12.1 Å². The lowest BCUT2D eigenvalue weighted by molar-refractivity contribution is 0.0697. The van der Waals surface area contributed by atoms with Crippen LogP contribution in [0.1, 0.15) is 21.5 Å². The molecule has 2 aromatic rings. The number of thioether (sulfide) groups is 1. The van der Waals surface area contributed by atoms with E-state index in [0.717, 1.165) is 17.1 Å². The smallest absolute Gasteiger partial charge is 0.335 e. The second kappa shape index (κ2) is 6.26. The van der Waals surface area contributed by atoms with Gasteiger partial charge in [-0.1, -0.05) is 42.5 Å². The second-order valence-electron chi connectivity index (χ2n) is 3.98. The van der Waals surface area contributed by atoms with Crippen LogP contribution in [-0.4, -0.2) is 11.1 Å². The van der Waals surface area contributed by atoms with Crippen LogP contribution in [0.2, 0.25) is 0 Å². The Bertz CT molecular complexity index is 523. The summed E-state index contributed by atoms with van der Waals surface area (Å²) in [5.41, 5.74) is 2.69. The number of benzene rings is 2. The van der Waals surface area contributed by atoms with Gasteiger partial charge >= 0.3 is 5.97 Å². The predicted octanol–water partition coefficient (Wildman–Crippen LogP) is 3.82. The van der Waals surface area contributed by atoms with E-state index in [1.54, 1.807) is 30.0 Å². The zero-order valence-electron chi connectivity index (χ0n) is 9.87. The molecule has 2 rings (SSSR count). The molecule has 0 saturated heterocycles. The van der Waals surface area contributed by atoms with Gasteiger partial charge in [0.15, 0.2) is 0 Å². The molecule has 0 heterocycles. The SMILES string of the molecule is O=C(O)c1cccc(CSCc2ccccc2)c1. The van der Waals surface area contributed by atoms with Gasteiger partial charge in [-0.25, -0.2) is 4.79 Å². The van der Waals surface area contributed by atoms with E-state index in [-0.39, 0.29) is 0 Å². The summed E-state index contributed by atoms with van der Waals surface area (Å²) in [5.74, 6) is 0.902. The molecule has 0 unspecified atom stereocenters.